The van der Waals surface area contributed by atoms with E-state index in [1.54, 1.807) is 24.4 Å². The van der Waals surface area contributed by atoms with Crippen LogP contribution in [-0.2, 0) is 10.0 Å². The van der Waals surface area contributed by atoms with Crippen LogP contribution in [0.2, 0.25) is 5.02 Å². The van der Waals surface area contributed by atoms with E-state index in [4.69, 9.17) is 16.3 Å². The Balaban J connectivity index is 1.70. The zero-order chi connectivity index (χ0) is 24.3. The van der Waals surface area contributed by atoms with Gasteiger partial charge in [0.25, 0.3) is 10.0 Å². The molecule has 2 aromatic heterocycles. The molecule has 4 rings (SSSR count). The minimum Gasteiger partial charge on any atom is -0.455 e. The highest BCUT2D eigenvalue weighted by Gasteiger charge is 2.19. The lowest BCUT2D eigenvalue weighted by Gasteiger charge is -2.16. The first-order valence-corrected chi connectivity index (χ1v) is 11.8. The molecule has 0 spiro atoms. The number of nitrogens with zero attached hydrogens (tertiary/aromatic N) is 4. The molecule has 34 heavy (non-hydrogen) atoms. The number of aromatic nitrogens is 3. The predicted octanol–water partition coefficient (Wildman–Crippen LogP) is 4.66. The van der Waals surface area contributed by atoms with Crippen LogP contribution in [0.5, 0.6) is 11.5 Å². The number of pyridine rings is 1. The summed E-state index contributed by atoms with van der Waals surface area (Å²) in [7, 11) is -0.159. The topological polar surface area (TPSA) is 124 Å². The molecular formula is C23H19ClN6O3S. The van der Waals surface area contributed by atoms with Gasteiger partial charge < -0.3 is 14.6 Å². The second-order valence-electron chi connectivity index (χ2n) is 7.38. The Morgan fingerprint density at radius 3 is 2.62 bits per heavy atom. The Hall–Kier alpha value is -4.07. The van der Waals surface area contributed by atoms with Crippen LogP contribution in [0.4, 0.5) is 11.6 Å². The van der Waals surface area contributed by atoms with Gasteiger partial charge in [-0.3, -0.25) is 4.72 Å². The third kappa shape index (κ3) is 4.96. The monoisotopic (exact) mass is 494 g/mol. The van der Waals surface area contributed by atoms with Crippen molar-refractivity contribution >= 4 is 33.3 Å². The fraction of sp³-hybridized carbons (Fsp3) is 0.0870. The molecule has 0 unspecified atom stereocenters. The van der Waals surface area contributed by atoms with Crippen molar-refractivity contribution in [3.05, 3.63) is 77.8 Å². The van der Waals surface area contributed by atoms with Crippen molar-refractivity contribution in [3.63, 3.8) is 0 Å². The first kappa shape index (κ1) is 23.1. The van der Waals surface area contributed by atoms with E-state index < -0.39 is 10.0 Å². The van der Waals surface area contributed by atoms with Gasteiger partial charge in [-0.2, -0.15) is 5.26 Å². The Bertz CT molecular complexity index is 1480. The van der Waals surface area contributed by atoms with Crippen LogP contribution in [0.3, 0.4) is 0 Å². The normalized spacial score (nSPS) is 11.0. The predicted molar refractivity (Wildman–Crippen MR) is 130 cm³/mol. The average molecular weight is 495 g/mol. The smallest absolute Gasteiger partial charge is 0.263 e. The van der Waals surface area contributed by atoms with E-state index in [1.807, 2.05) is 37.2 Å². The first-order chi connectivity index (χ1) is 16.3. The van der Waals surface area contributed by atoms with Gasteiger partial charge in [0.1, 0.15) is 29.2 Å². The van der Waals surface area contributed by atoms with Crippen molar-refractivity contribution in [2.75, 3.05) is 23.7 Å². The maximum Gasteiger partial charge on any atom is 0.263 e. The van der Waals surface area contributed by atoms with Crippen molar-refractivity contribution in [2.24, 2.45) is 0 Å². The summed E-state index contributed by atoms with van der Waals surface area (Å²) in [5, 5.41) is 10.2. The fourth-order valence-electron chi connectivity index (χ4n) is 3.13. The van der Waals surface area contributed by atoms with E-state index in [0.717, 1.165) is 11.4 Å². The number of benzene rings is 2. The molecule has 0 radical (unpaired) electrons. The lowest BCUT2D eigenvalue weighted by Crippen LogP contribution is -2.13. The lowest BCUT2D eigenvalue weighted by molar-refractivity contribution is 0.482. The summed E-state index contributed by atoms with van der Waals surface area (Å²) in [6.45, 7) is 0. The number of rotatable bonds is 7. The van der Waals surface area contributed by atoms with Gasteiger partial charge in [-0.05, 0) is 54.1 Å². The molecule has 0 aliphatic carbocycles. The van der Waals surface area contributed by atoms with Gasteiger partial charge in [0, 0.05) is 30.9 Å². The number of ether oxygens (including phenoxy) is 1. The summed E-state index contributed by atoms with van der Waals surface area (Å²) < 4.78 is 33.8. The van der Waals surface area contributed by atoms with Gasteiger partial charge in [-0.15, -0.1) is 0 Å². The van der Waals surface area contributed by atoms with Gasteiger partial charge >= 0.3 is 0 Å². The molecule has 0 bridgehead atoms. The van der Waals surface area contributed by atoms with Crippen LogP contribution >= 0.6 is 11.6 Å². The standard InChI is InChI=1S/C23H19ClN6O3S/c1-30(2)23-10-15(7-8-27-23)19-11-17(24)3-5-21(19)33-20-6-4-18(9-16(20)12-25)34(31,32)29-22-13-26-14-28-22/h3-11,13-14,29H,1-2H3,(H,26,28). The Morgan fingerprint density at radius 2 is 1.91 bits per heavy atom. The van der Waals surface area contributed by atoms with Gasteiger partial charge in [0.2, 0.25) is 0 Å². The van der Waals surface area contributed by atoms with Crippen LogP contribution in [0.15, 0.2) is 72.1 Å². The van der Waals surface area contributed by atoms with Gasteiger partial charge in [0.15, 0.2) is 0 Å². The van der Waals surface area contributed by atoms with Crippen molar-refractivity contribution in [2.45, 2.75) is 4.90 Å². The van der Waals surface area contributed by atoms with Crippen LogP contribution < -0.4 is 14.4 Å². The zero-order valence-corrected chi connectivity index (χ0v) is 19.7. The van der Waals surface area contributed by atoms with Crippen molar-refractivity contribution in [1.29, 1.82) is 5.26 Å². The van der Waals surface area contributed by atoms with Crippen molar-refractivity contribution in [1.82, 2.24) is 15.0 Å². The Kier molecular flexibility index (Phi) is 6.40. The molecule has 0 amide bonds. The lowest BCUT2D eigenvalue weighted by atomic mass is 10.1. The third-order valence-corrected chi connectivity index (χ3v) is 6.40. The molecule has 0 saturated heterocycles. The second-order valence-corrected chi connectivity index (χ2v) is 9.50. The van der Waals surface area contributed by atoms with E-state index >= 15 is 0 Å². The van der Waals surface area contributed by atoms with Gasteiger partial charge in [-0.25, -0.2) is 18.4 Å². The largest absolute Gasteiger partial charge is 0.455 e. The first-order valence-electron chi connectivity index (χ1n) is 9.93. The summed E-state index contributed by atoms with van der Waals surface area (Å²) in [4.78, 5) is 12.6. The minimum atomic E-state index is -3.93. The zero-order valence-electron chi connectivity index (χ0n) is 18.2. The second kappa shape index (κ2) is 9.43. The van der Waals surface area contributed by atoms with E-state index in [0.29, 0.717) is 16.3 Å². The number of hydrogen-bond donors (Lipinski definition) is 2. The average Bonchev–Trinajstić information content (AvgIpc) is 3.32. The number of imidazole rings is 1. The van der Waals surface area contributed by atoms with Crippen LogP contribution in [0.1, 0.15) is 5.56 Å². The molecule has 9 nitrogen and oxygen atoms in total. The van der Waals surface area contributed by atoms with Crippen LogP contribution in [-0.4, -0.2) is 37.5 Å². The molecule has 0 aliphatic heterocycles. The number of nitrogens with one attached hydrogen (secondary N) is 2. The van der Waals surface area contributed by atoms with Gasteiger partial charge in [-0.1, -0.05) is 11.6 Å². The number of anilines is 2. The molecule has 2 aromatic carbocycles. The van der Waals surface area contributed by atoms with Crippen molar-refractivity contribution < 1.29 is 13.2 Å². The van der Waals surface area contributed by atoms with Gasteiger partial charge in [0.05, 0.1) is 23.0 Å². The highest BCUT2D eigenvalue weighted by atomic mass is 35.5. The van der Waals surface area contributed by atoms with Crippen molar-refractivity contribution in [3.8, 4) is 28.7 Å². The molecule has 0 atom stereocenters. The number of sulfonamides is 1. The van der Waals surface area contributed by atoms with Crippen LogP contribution in [0, 0.1) is 11.3 Å². The summed E-state index contributed by atoms with van der Waals surface area (Å²) in [6.07, 6.45) is 4.37. The molecule has 2 heterocycles. The SMILES string of the molecule is CN(C)c1cc(-c2cc(Cl)ccc2Oc2ccc(S(=O)(=O)Nc3cnc[nH]3)cc2C#N)ccn1. The molecule has 0 saturated carbocycles. The van der Waals surface area contributed by atoms with E-state index in [-0.39, 0.29) is 22.0 Å². The quantitative estimate of drug-likeness (QED) is 0.383. The number of halogens is 1. The molecule has 0 aliphatic rings. The number of H-pyrrole nitrogens is 1. The Morgan fingerprint density at radius 1 is 1.12 bits per heavy atom. The highest BCUT2D eigenvalue weighted by molar-refractivity contribution is 7.92. The molecule has 2 N–H and O–H groups in total. The van der Waals surface area contributed by atoms with E-state index in [9.17, 15) is 13.7 Å². The highest BCUT2D eigenvalue weighted by Crippen LogP contribution is 2.37. The molecular weight excluding hydrogens is 476 g/mol. The summed E-state index contributed by atoms with van der Waals surface area (Å²) in [5.41, 5.74) is 1.56. The maximum absolute atomic E-state index is 12.7. The molecule has 172 valence electrons. The summed E-state index contributed by atoms with van der Waals surface area (Å²) >= 11 is 6.25. The molecule has 0 fully saturated rings. The maximum atomic E-state index is 12.7. The van der Waals surface area contributed by atoms with Crippen LogP contribution in [0.25, 0.3) is 11.1 Å². The fourth-order valence-corrected chi connectivity index (χ4v) is 4.35. The number of nitriles is 1. The summed E-state index contributed by atoms with van der Waals surface area (Å²) in [6, 6.07) is 14.9. The summed E-state index contributed by atoms with van der Waals surface area (Å²) in [5.74, 6) is 1.61. The number of aromatic amines is 1. The molecule has 4 aromatic rings. The Labute approximate surface area is 201 Å². The number of hydrogen-bond acceptors (Lipinski definition) is 7. The third-order valence-electron chi connectivity index (χ3n) is 4.80. The molecule has 11 heteroatoms. The van der Waals surface area contributed by atoms with E-state index in [2.05, 4.69) is 19.7 Å². The minimum absolute atomic E-state index is 0.0529. The van der Waals surface area contributed by atoms with E-state index in [1.165, 1.54) is 30.7 Å².